The van der Waals surface area contributed by atoms with Crippen LogP contribution in [0.3, 0.4) is 0 Å². The van der Waals surface area contributed by atoms with Gasteiger partial charge in [0.2, 0.25) is 10.0 Å². The Morgan fingerprint density at radius 3 is 2.35 bits per heavy atom. The molecule has 9 heteroatoms. The second-order valence-corrected chi connectivity index (χ2v) is 11.0. The van der Waals surface area contributed by atoms with Crippen molar-refractivity contribution in [3.63, 3.8) is 0 Å². The third-order valence-electron chi connectivity index (χ3n) is 5.38. The maximum Gasteiger partial charge on any atom is 0.244 e. The largest absolute Gasteiger partial charge is 0.345 e. The summed E-state index contributed by atoms with van der Waals surface area (Å²) in [6.07, 6.45) is 1.83. The van der Waals surface area contributed by atoms with Crippen LogP contribution >= 0.6 is 34.5 Å². The number of aromatic nitrogens is 1. The summed E-state index contributed by atoms with van der Waals surface area (Å²) in [7, 11) is -3.69. The van der Waals surface area contributed by atoms with Crippen LogP contribution < -0.4 is 4.90 Å². The normalized spacial score (nSPS) is 15.4. The van der Waals surface area contributed by atoms with Gasteiger partial charge in [-0.2, -0.15) is 4.31 Å². The number of hydrogen-bond acceptors (Lipinski definition) is 5. The van der Waals surface area contributed by atoms with Crippen LogP contribution in [0.5, 0.6) is 0 Å². The van der Waals surface area contributed by atoms with Gasteiger partial charge in [0.1, 0.15) is 4.90 Å². The number of thiazole rings is 1. The number of hydrogen-bond donors (Lipinski definition) is 0. The van der Waals surface area contributed by atoms with Crippen LogP contribution in [0.4, 0.5) is 5.13 Å². The summed E-state index contributed by atoms with van der Waals surface area (Å²) >= 11 is 13.7. The molecule has 1 aromatic heterocycles. The fourth-order valence-corrected chi connectivity index (χ4v) is 6.60. The maximum absolute atomic E-state index is 13.0. The van der Waals surface area contributed by atoms with Gasteiger partial charge in [-0.1, -0.05) is 54.4 Å². The number of rotatable bonds is 6. The van der Waals surface area contributed by atoms with Crippen LogP contribution in [0.1, 0.15) is 23.7 Å². The molecule has 31 heavy (non-hydrogen) atoms. The molecule has 0 unspecified atom stereocenters. The van der Waals surface area contributed by atoms with E-state index in [-0.39, 0.29) is 9.92 Å². The molecule has 2 heterocycles. The number of aryl methyl sites for hydroxylation is 1. The minimum atomic E-state index is -3.69. The molecule has 5 nitrogen and oxygen atoms in total. The number of anilines is 1. The first-order valence-corrected chi connectivity index (χ1v) is 13.2. The summed E-state index contributed by atoms with van der Waals surface area (Å²) < 4.78 is 27.5. The highest BCUT2D eigenvalue weighted by Gasteiger charge is 2.31. The molecular formula is C22H23Cl2N3O2S2. The van der Waals surface area contributed by atoms with E-state index in [2.05, 4.69) is 41.5 Å². The average Bonchev–Trinajstić information content (AvgIpc) is 3.24. The van der Waals surface area contributed by atoms with Crippen molar-refractivity contribution < 1.29 is 8.42 Å². The van der Waals surface area contributed by atoms with Crippen molar-refractivity contribution in [2.75, 3.05) is 31.1 Å². The summed E-state index contributed by atoms with van der Waals surface area (Å²) in [5, 5.41) is 3.54. The van der Waals surface area contributed by atoms with E-state index in [1.165, 1.54) is 27.6 Å². The quantitative estimate of drug-likeness (QED) is 0.476. The fourth-order valence-electron chi connectivity index (χ4n) is 3.56. The van der Waals surface area contributed by atoms with Gasteiger partial charge in [0.15, 0.2) is 5.13 Å². The lowest BCUT2D eigenvalue weighted by atomic mass is 10.1. The Kier molecular flexibility index (Phi) is 6.89. The Balaban J connectivity index is 1.40. The van der Waals surface area contributed by atoms with Crippen molar-refractivity contribution in [3.05, 3.63) is 74.7 Å². The fraction of sp³-hybridized carbons (Fsp3) is 0.318. The first-order chi connectivity index (χ1) is 14.9. The third-order valence-corrected chi connectivity index (χ3v) is 8.94. The molecule has 0 bridgehead atoms. The highest BCUT2D eigenvalue weighted by Crippen LogP contribution is 2.29. The Labute approximate surface area is 197 Å². The molecule has 1 aliphatic heterocycles. The van der Waals surface area contributed by atoms with E-state index in [9.17, 15) is 8.42 Å². The lowest BCUT2D eigenvalue weighted by Crippen LogP contribution is -2.48. The van der Waals surface area contributed by atoms with Crippen molar-refractivity contribution >= 4 is 49.7 Å². The summed E-state index contributed by atoms with van der Waals surface area (Å²) in [6.45, 7) is 4.05. The van der Waals surface area contributed by atoms with E-state index in [1.54, 1.807) is 17.4 Å². The molecular weight excluding hydrogens is 473 g/mol. The van der Waals surface area contributed by atoms with Gasteiger partial charge in [0.05, 0.1) is 10.7 Å². The Hall–Kier alpha value is -1.64. The van der Waals surface area contributed by atoms with Crippen LogP contribution in [0.25, 0.3) is 0 Å². The smallest absolute Gasteiger partial charge is 0.244 e. The molecule has 0 aliphatic carbocycles. The minimum Gasteiger partial charge on any atom is -0.345 e. The molecule has 0 N–H and O–H groups in total. The van der Waals surface area contributed by atoms with E-state index in [4.69, 9.17) is 28.2 Å². The summed E-state index contributed by atoms with van der Waals surface area (Å²) in [5.74, 6) is 0. The third kappa shape index (κ3) is 5.07. The van der Waals surface area contributed by atoms with Crippen LogP contribution in [0, 0.1) is 0 Å². The first-order valence-electron chi connectivity index (χ1n) is 10.1. The SMILES string of the molecule is CCc1ccc(Cc2csc(N3CCN(S(=O)(=O)c4cc(Cl)ccc4Cl)CC3)n2)cc1. The van der Waals surface area contributed by atoms with Gasteiger partial charge in [-0.3, -0.25) is 0 Å². The lowest BCUT2D eigenvalue weighted by molar-refractivity contribution is 0.384. The van der Waals surface area contributed by atoms with Crippen molar-refractivity contribution in [2.45, 2.75) is 24.7 Å². The molecule has 2 aromatic carbocycles. The van der Waals surface area contributed by atoms with E-state index < -0.39 is 10.0 Å². The minimum absolute atomic E-state index is 0.0562. The van der Waals surface area contributed by atoms with Gasteiger partial charge in [0.25, 0.3) is 0 Å². The zero-order valence-electron chi connectivity index (χ0n) is 17.1. The molecule has 4 rings (SSSR count). The summed E-state index contributed by atoms with van der Waals surface area (Å²) in [6, 6.07) is 13.1. The van der Waals surface area contributed by atoms with Gasteiger partial charge < -0.3 is 4.90 Å². The summed E-state index contributed by atoms with van der Waals surface area (Å²) in [5.41, 5.74) is 3.60. The van der Waals surface area contributed by atoms with Gasteiger partial charge in [0, 0.05) is 43.0 Å². The maximum atomic E-state index is 13.0. The molecule has 1 fully saturated rings. The van der Waals surface area contributed by atoms with E-state index >= 15 is 0 Å². The molecule has 3 aromatic rings. The highest BCUT2D eigenvalue weighted by molar-refractivity contribution is 7.89. The Morgan fingerprint density at radius 1 is 1.00 bits per heavy atom. The van der Waals surface area contributed by atoms with Crippen molar-refractivity contribution in [1.29, 1.82) is 0 Å². The monoisotopic (exact) mass is 495 g/mol. The lowest BCUT2D eigenvalue weighted by Gasteiger charge is -2.34. The van der Waals surface area contributed by atoms with Gasteiger partial charge >= 0.3 is 0 Å². The number of nitrogens with zero attached hydrogens (tertiary/aromatic N) is 3. The molecule has 1 aliphatic rings. The van der Waals surface area contributed by atoms with Crippen molar-refractivity contribution in [3.8, 4) is 0 Å². The zero-order valence-corrected chi connectivity index (χ0v) is 20.2. The molecule has 0 radical (unpaired) electrons. The average molecular weight is 496 g/mol. The predicted molar refractivity (Wildman–Crippen MR) is 128 cm³/mol. The molecule has 0 atom stereocenters. The van der Waals surface area contributed by atoms with Gasteiger partial charge in [-0.05, 0) is 35.7 Å². The van der Waals surface area contributed by atoms with Crippen molar-refractivity contribution in [2.24, 2.45) is 0 Å². The van der Waals surface area contributed by atoms with Crippen LogP contribution in [-0.4, -0.2) is 43.9 Å². The van der Waals surface area contributed by atoms with Crippen LogP contribution in [0.15, 0.2) is 52.7 Å². The molecule has 0 amide bonds. The number of halogens is 2. The number of benzene rings is 2. The van der Waals surface area contributed by atoms with Crippen LogP contribution in [0.2, 0.25) is 10.0 Å². The van der Waals surface area contributed by atoms with Crippen LogP contribution in [-0.2, 0) is 22.9 Å². The van der Waals surface area contributed by atoms with Gasteiger partial charge in [-0.25, -0.2) is 13.4 Å². The Bertz CT molecular complexity index is 1160. The molecule has 1 saturated heterocycles. The predicted octanol–water partition coefficient (Wildman–Crippen LogP) is 5.11. The second-order valence-electron chi connectivity index (χ2n) is 7.43. The standard InChI is InChI=1S/C22H23Cl2N3O2S2/c1-2-16-3-5-17(6-4-16)13-19-15-30-22(25-19)26-9-11-27(12-10-26)31(28,29)21-14-18(23)7-8-20(21)24/h3-8,14-15H,2,9-13H2,1H3. The molecule has 0 spiro atoms. The van der Waals surface area contributed by atoms with Crippen molar-refractivity contribution in [1.82, 2.24) is 9.29 Å². The zero-order chi connectivity index (χ0) is 22.0. The number of piperazine rings is 1. The van der Waals surface area contributed by atoms with E-state index in [1.807, 2.05) is 0 Å². The van der Waals surface area contributed by atoms with Gasteiger partial charge in [-0.15, -0.1) is 11.3 Å². The van der Waals surface area contributed by atoms with E-state index in [0.717, 1.165) is 23.7 Å². The second kappa shape index (κ2) is 9.46. The molecule has 0 saturated carbocycles. The van der Waals surface area contributed by atoms with E-state index in [0.29, 0.717) is 31.2 Å². The summed E-state index contributed by atoms with van der Waals surface area (Å²) in [4.78, 5) is 6.98. The number of sulfonamides is 1. The molecule has 164 valence electrons. The first kappa shape index (κ1) is 22.6. The highest BCUT2D eigenvalue weighted by atomic mass is 35.5. The topological polar surface area (TPSA) is 53.5 Å². The Morgan fingerprint density at radius 2 is 1.68 bits per heavy atom.